The normalized spacial score (nSPS) is 12.5. The predicted molar refractivity (Wildman–Crippen MR) is 116 cm³/mol. The second kappa shape index (κ2) is 18.5. The fraction of sp³-hybridized carbons (Fsp3) is 0.875. The summed E-state index contributed by atoms with van der Waals surface area (Å²) in [6.45, 7) is 2.84. The molecular weight excluding hydrogens is 477 g/mol. The molecule has 11 nitrogen and oxygen atoms in total. The summed E-state index contributed by atoms with van der Waals surface area (Å²) in [7, 11) is -2.23. The maximum absolute atomic E-state index is 11.9. The van der Waals surface area contributed by atoms with Crippen LogP contribution in [0.5, 0.6) is 0 Å². The van der Waals surface area contributed by atoms with Crippen molar-refractivity contribution in [3.63, 3.8) is 0 Å². The van der Waals surface area contributed by atoms with Gasteiger partial charge in [-0.05, 0) is 12.8 Å². The van der Waals surface area contributed by atoms with Crippen molar-refractivity contribution in [3.05, 3.63) is 0 Å². The molecule has 0 aliphatic carbocycles. The zero-order valence-corrected chi connectivity index (χ0v) is 23.7. The van der Waals surface area contributed by atoms with Crippen LogP contribution in [-0.4, -0.2) is 91.9 Å². The molecule has 0 saturated heterocycles. The van der Waals surface area contributed by atoms with Gasteiger partial charge in [-0.25, -0.2) is 13.2 Å². The number of hydrogen-bond acceptors (Lipinski definition) is 9. The standard InChI is InChI=1S/C16H35N3O8S2Si.Na/c1-14(15(20)17-7-5-11-29(22,23)24)13-28-10-9-19-16(21)18-8-6-12-30(25-2,26-3)27-4;/h14H,5-13H2,1-4H3,(H,17,20)(H2,18,19,21)(H,22,23,24);/q;+1/p-1. The van der Waals surface area contributed by atoms with Gasteiger partial charge in [-0.3, -0.25) is 4.79 Å². The summed E-state index contributed by atoms with van der Waals surface area (Å²) in [5.41, 5.74) is 0. The molecule has 3 N–H and O–H groups in total. The molecule has 0 aromatic rings. The Balaban J connectivity index is 0. The SMILES string of the molecule is CO[Si](CCCNC(=O)NCCSCC(C)C(=O)NCCCS(=O)(=O)[O-])(OC)OC.[Na+]. The molecule has 1 atom stereocenters. The van der Waals surface area contributed by atoms with E-state index < -0.39 is 24.7 Å². The number of urea groups is 1. The molecule has 0 spiro atoms. The monoisotopic (exact) mass is 511 g/mol. The maximum Gasteiger partial charge on any atom is 1.00 e. The fourth-order valence-corrected chi connectivity index (χ4v) is 5.47. The Labute approximate surface area is 212 Å². The van der Waals surface area contributed by atoms with Crippen LogP contribution in [0, 0.1) is 5.92 Å². The summed E-state index contributed by atoms with van der Waals surface area (Å²) in [6, 6.07) is 0.327. The van der Waals surface area contributed by atoms with Crippen molar-refractivity contribution < 1.29 is 65.4 Å². The van der Waals surface area contributed by atoms with Crippen molar-refractivity contribution in [3.8, 4) is 0 Å². The van der Waals surface area contributed by atoms with E-state index in [1.807, 2.05) is 0 Å². The summed E-state index contributed by atoms with van der Waals surface area (Å²) >= 11 is 1.52. The molecule has 0 aliphatic heterocycles. The fourth-order valence-electron chi connectivity index (χ4n) is 2.33. The van der Waals surface area contributed by atoms with Crippen LogP contribution < -0.4 is 45.5 Å². The van der Waals surface area contributed by atoms with E-state index in [4.69, 9.17) is 13.3 Å². The van der Waals surface area contributed by atoms with Crippen molar-refractivity contribution in [2.75, 3.05) is 58.2 Å². The van der Waals surface area contributed by atoms with E-state index in [2.05, 4.69) is 16.0 Å². The summed E-state index contributed by atoms with van der Waals surface area (Å²) in [5, 5.41) is 8.10. The van der Waals surface area contributed by atoms with E-state index in [1.165, 1.54) is 11.8 Å². The first-order valence-corrected chi connectivity index (χ1v) is 14.2. The minimum absolute atomic E-state index is 0. The third-order valence-corrected chi connectivity index (χ3v) is 8.95. The van der Waals surface area contributed by atoms with Crippen molar-refractivity contribution >= 4 is 42.6 Å². The largest absolute Gasteiger partial charge is 1.00 e. The smallest absolute Gasteiger partial charge is 0.748 e. The molecule has 0 radical (unpaired) electrons. The van der Waals surface area contributed by atoms with Gasteiger partial charge in [0, 0.05) is 70.2 Å². The average molecular weight is 512 g/mol. The van der Waals surface area contributed by atoms with Crippen LogP contribution in [0.1, 0.15) is 19.8 Å². The summed E-state index contributed by atoms with van der Waals surface area (Å²) < 4.78 is 47.4. The van der Waals surface area contributed by atoms with E-state index in [0.717, 1.165) is 0 Å². The van der Waals surface area contributed by atoms with Crippen LogP contribution in [0.2, 0.25) is 6.04 Å². The van der Waals surface area contributed by atoms with Crippen molar-refractivity contribution in [2.24, 2.45) is 5.92 Å². The first kappa shape index (κ1) is 33.3. The van der Waals surface area contributed by atoms with Crippen LogP contribution in [0.25, 0.3) is 0 Å². The van der Waals surface area contributed by atoms with Crippen molar-refractivity contribution in [1.29, 1.82) is 0 Å². The molecule has 178 valence electrons. The number of carbonyl (C=O) groups excluding carboxylic acids is 2. The van der Waals surface area contributed by atoms with Gasteiger partial charge in [0.2, 0.25) is 5.91 Å². The zero-order valence-electron chi connectivity index (χ0n) is 19.0. The number of nitrogens with one attached hydrogen (secondary N) is 3. The molecule has 1 unspecified atom stereocenters. The minimum Gasteiger partial charge on any atom is -0.748 e. The molecular formula is C16H34N3NaO8S2Si. The minimum atomic E-state index is -4.25. The van der Waals surface area contributed by atoms with E-state index in [-0.39, 0.29) is 60.4 Å². The Bertz CT molecular complexity index is 603. The van der Waals surface area contributed by atoms with Gasteiger partial charge in [0.1, 0.15) is 0 Å². The Morgan fingerprint density at radius 3 is 2.10 bits per heavy atom. The van der Waals surface area contributed by atoms with Crippen LogP contribution >= 0.6 is 11.8 Å². The molecule has 0 bridgehead atoms. The van der Waals surface area contributed by atoms with E-state index >= 15 is 0 Å². The third-order valence-electron chi connectivity index (χ3n) is 4.10. The van der Waals surface area contributed by atoms with Gasteiger partial charge >= 0.3 is 44.4 Å². The van der Waals surface area contributed by atoms with Crippen molar-refractivity contribution in [1.82, 2.24) is 16.0 Å². The van der Waals surface area contributed by atoms with E-state index in [9.17, 15) is 22.6 Å². The number of carbonyl (C=O) groups is 2. The van der Waals surface area contributed by atoms with Crippen LogP contribution in [0.3, 0.4) is 0 Å². The quantitative estimate of drug-likeness (QED) is 0.105. The Morgan fingerprint density at radius 1 is 1.00 bits per heavy atom. The average Bonchev–Trinajstić information content (AvgIpc) is 2.70. The van der Waals surface area contributed by atoms with Crippen LogP contribution in [-0.2, 0) is 28.2 Å². The molecule has 3 amide bonds. The molecule has 0 fully saturated rings. The maximum atomic E-state index is 11.9. The second-order valence-corrected chi connectivity index (χ2v) is 12.2. The summed E-state index contributed by atoms with van der Waals surface area (Å²) in [4.78, 5) is 23.6. The summed E-state index contributed by atoms with van der Waals surface area (Å²) in [6.07, 6.45) is 0.763. The number of rotatable bonds is 17. The van der Waals surface area contributed by atoms with Crippen LogP contribution in [0.4, 0.5) is 4.79 Å². The first-order valence-electron chi connectivity index (χ1n) is 9.55. The van der Waals surface area contributed by atoms with Crippen LogP contribution in [0.15, 0.2) is 0 Å². The van der Waals surface area contributed by atoms with Gasteiger partial charge in [0.05, 0.1) is 10.1 Å². The molecule has 31 heavy (non-hydrogen) atoms. The van der Waals surface area contributed by atoms with E-state index in [0.29, 0.717) is 37.1 Å². The molecule has 0 rings (SSSR count). The number of hydrogen-bond donors (Lipinski definition) is 3. The number of amides is 3. The zero-order chi connectivity index (χ0) is 23.0. The molecule has 0 aromatic carbocycles. The molecule has 0 heterocycles. The van der Waals surface area contributed by atoms with Gasteiger partial charge in [0.25, 0.3) is 0 Å². The Morgan fingerprint density at radius 2 is 1.55 bits per heavy atom. The van der Waals surface area contributed by atoms with Gasteiger partial charge in [-0.1, -0.05) is 6.92 Å². The topological polar surface area (TPSA) is 155 Å². The Kier molecular flexibility index (Phi) is 19.9. The Hall–Kier alpha value is 0.0969. The van der Waals surface area contributed by atoms with Gasteiger partial charge in [-0.15, -0.1) is 0 Å². The first-order chi connectivity index (χ1) is 14.1. The molecule has 0 aromatic heterocycles. The molecule has 0 aliphatic rings. The van der Waals surface area contributed by atoms with Gasteiger partial charge in [-0.2, -0.15) is 11.8 Å². The van der Waals surface area contributed by atoms with Gasteiger partial charge in [0.15, 0.2) is 0 Å². The van der Waals surface area contributed by atoms with Gasteiger partial charge < -0.3 is 33.8 Å². The number of thioether (sulfide) groups is 1. The molecule has 15 heteroatoms. The predicted octanol–water partition coefficient (Wildman–Crippen LogP) is -3.02. The second-order valence-electron chi connectivity index (χ2n) is 6.46. The van der Waals surface area contributed by atoms with E-state index in [1.54, 1.807) is 28.3 Å². The third kappa shape index (κ3) is 17.3. The molecule has 0 saturated carbocycles. The van der Waals surface area contributed by atoms with Crippen molar-refractivity contribution in [2.45, 2.75) is 25.8 Å². The summed E-state index contributed by atoms with van der Waals surface area (Å²) in [5.74, 6) is 0.260.